The molecule has 1 fully saturated rings. The van der Waals surface area contributed by atoms with Crippen molar-refractivity contribution in [2.75, 3.05) is 39.4 Å². The molecule has 2 aliphatic rings. The summed E-state index contributed by atoms with van der Waals surface area (Å²) in [5, 5.41) is 0. The van der Waals surface area contributed by atoms with Crippen LogP contribution < -0.4 is 0 Å². The van der Waals surface area contributed by atoms with Crippen molar-refractivity contribution in [1.29, 1.82) is 0 Å². The van der Waals surface area contributed by atoms with Gasteiger partial charge in [-0.05, 0) is 44.7 Å². The minimum atomic E-state index is -4.02. The number of benzene rings is 1. The number of nitrogens with zero attached hydrogens (tertiary/aromatic N) is 3. The highest BCUT2D eigenvalue weighted by atomic mass is 32.2. The van der Waals surface area contributed by atoms with E-state index in [-0.39, 0.29) is 4.90 Å². The minimum Gasteiger partial charge on any atom is -0.379 e. The van der Waals surface area contributed by atoms with Crippen LogP contribution in [-0.2, 0) is 14.9 Å². The van der Waals surface area contributed by atoms with Gasteiger partial charge in [0, 0.05) is 25.3 Å². The van der Waals surface area contributed by atoms with Gasteiger partial charge < -0.3 is 4.74 Å². The zero-order valence-electron chi connectivity index (χ0n) is 16.4. The summed E-state index contributed by atoms with van der Waals surface area (Å²) in [5.74, 6) is 0. The van der Waals surface area contributed by atoms with Crippen LogP contribution in [0, 0.1) is 6.92 Å². The lowest BCUT2D eigenvalue weighted by molar-refractivity contribution is 0.0395. The van der Waals surface area contributed by atoms with Crippen LogP contribution in [0.4, 0.5) is 0 Å². The Kier molecular flexibility index (Phi) is 9.54. The van der Waals surface area contributed by atoms with Crippen LogP contribution >= 0.6 is 0 Å². The molecule has 1 N–H and O–H groups in total. The summed E-state index contributed by atoms with van der Waals surface area (Å²) in [6.07, 6.45) is 7.01. The molecule has 3 rings (SSSR count). The quantitative estimate of drug-likeness (QED) is 0.598. The second-order valence-electron chi connectivity index (χ2n) is 6.78. The molecule has 28 heavy (non-hydrogen) atoms. The molecule has 0 unspecified atom stereocenters. The number of hydrogen-bond acceptors (Lipinski definition) is 6. The van der Waals surface area contributed by atoms with E-state index in [2.05, 4.69) is 27.0 Å². The van der Waals surface area contributed by atoms with E-state index in [9.17, 15) is 8.42 Å². The molecule has 8 heteroatoms. The van der Waals surface area contributed by atoms with Gasteiger partial charge in [-0.25, -0.2) is 4.99 Å². The standard InChI is InChI=1S/C13H21N3O.C7H8O3S/c1-2-4-13(5-3-1)15-12-14-6-7-16-8-10-17-11-9-16;1-6-2-4-7(5-3-6)11(8,9)10/h4H,1-3,5-11H2;2-5H,1H3,(H,8,9,10). The monoisotopic (exact) mass is 407 g/mol. The van der Waals surface area contributed by atoms with Crippen molar-refractivity contribution in [3.63, 3.8) is 0 Å². The largest absolute Gasteiger partial charge is 0.379 e. The van der Waals surface area contributed by atoms with Gasteiger partial charge in [0.15, 0.2) is 0 Å². The molecule has 0 bridgehead atoms. The molecule has 1 aliphatic heterocycles. The number of aryl methyl sites for hydroxylation is 1. The molecule has 1 aliphatic carbocycles. The zero-order chi connectivity index (χ0) is 20.2. The first-order valence-corrected chi connectivity index (χ1v) is 11.0. The highest BCUT2D eigenvalue weighted by molar-refractivity contribution is 7.85. The summed E-state index contributed by atoms with van der Waals surface area (Å²) >= 11 is 0. The Bertz CT molecular complexity index is 791. The maximum absolute atomic E-state index is 10.5. The predicted octanol–water partition coefficient (Wildman–Crippen LogP) is 3.19. The summed E-state index contributed by atoms with van der Waals surface area (Å²) in [5.41, 5.74) is 2.11. The summed E-state index contributed by atoms with van der Waals surface area (Å²) in [6.45, 7) is 7.38. The lowest BCUT2D eigenvalue weighted by Gasteiger charge is -2.25. The van der Waals surface area contributed by atoms with Crippen LogP contribution in [0.2, 0.25) is 0 Å². The number of allylic oxidation sites excluding steroid dienone is 2. The Morgan fingerprint density at radius 3 is 2.50 bits per heavy atom. The van der Waals surface area contributed by atoms with Gasteiger partial charge in [-0.15, -0.1) is 0 Å². The number of aliphatic imine (C=N–C) groups is 2. The molecule has 0 aromatic heterocycles. The van der Waals surface area contributed by atoms with E-state index in [1.165, 1.54) is 25.0 Å². The Balaban J connectivity index is 0.000000221. The van der Waals surface area contributed by atoms with Gasteiger partial charge in [0.1, 0.15) is 0 Å². The van der Waals surface area contributed by atoms with Gasteiger partial charge in [0.25, 0.3) is 10.1 Å². The van der Waals surface area contributed by atoms with E-state index < -0.39 is 10.1 Å². The van der Waals surface area contributed by atoms with E-state index in [0.717, 1.165) is 63.5 Å². The predicted molar refractivity (Wildman–Crippen MR) is 110 cm³/mol. The maximum Gasteiger partial charge on any atom is 0.294 e. The Hall–Kier alpha value is -1.83. The molecule has 0 atom stereocenters. The molecule has 154 valence electrons. The highest BCUT2D eigenvalue weighted by Gasteiger charge is 2.08. The third-order valence-electron chi connectivity index (χ3n) is 4.48. The summed E-state index contributed by atoms with van der Waals surface area (Å²) in [6, 6.07) is 8.81. The fourth-order valence-electron chi connectivity index (χ4n) is 2.80. The van der Waals surface area contributed by atoms with Crippen molar-refractivity contribution in [2.24, 2.45) is 9.98 Å². The third-order valence-corrected chi connectivity index (χ3v) is 5.35. The highest BCUT2D eigenvalue weighted by Crippen LogP contribution is 2.17. The zero-order valence-corrected chi connectivity index (χ0v) is 17.2. The van der Waals surface area contributed by atoms with E-state index in [0.29, 0.717) is 0 Å². The lowest BCUT2D eigenvalue weighted by atomic mass is 10.1. The normalized spacial score (nSPS) is 17.6. The molecule has 0 radical (unpaired) electrons. The first-order chi connectivity index (χ1) is 13.4. The first kappa shape index (κ1) is 22.5. The fourth-order valence-corrected chi connectivity index (χ4v) is 3.28. The third kappa shape index (κ3) is 8.91. The van der Waals surface area contributed by atoms with Crippen LogP contribution in [0.3, 0.4) is 0 Å². The molecule has 1 heterocycles. The summed E-state index contributed by atoms with van der Waals surface area (Å²) < 4.78 is 34.8. The summed E-state index contributed by atoms with van der Waals surface area (Å²) in [4.78, 5) is 10.8. The van der Waals surface area contributed by atoms with Crippen LogP contribution in [0.15, 0.2) is 50.9 Å². The first-order valence-electron chi connectivity index (χ1n) is 9.60. The van der Waals surface area contributed by atoms with Crippen molar-refractivity contribution in [3.8, 4) is 0 Å². The number of rotatable bonds is 5. The van der Waals surface area contributed by atoms with E-state index in [1.54, 1.807) is 12.1 Å². The van der Waals surface area contributed by atoms with Crippen molar-refractivity contribution < 1.29 is 17.7 Å². The van der Waals surface area contributed by atoms with Gasteiger partial charge in [-0.2, -0.15) is 13.4 Å². The molecule has 1 saturated heterocycles. The lowest BCUT2D eigenvalue weighted by Crippen LogP contribution is -2.37. The Morgan fingerprint density at radius 1 is 1.18 bits per heavy atom. The Morgan fingerprint density at radius 2 is 1.89 bits per heavy atom. The average Bonchev–Trinajstić information content (AvgIpc) is 2.69. The molecule has 7 nitrogen and oxygen atoms in total. The molecular formula is C20H29N3O4S. The summed E-state index contributed by atoms with van der Waals surface area (Å²) in [7, 11) is -4.02. The fraction of sp³-hybridized carbons (Fsp3) is 0.550. The van der Waals surface area contributed by atoms with E-state index >= 15 is 0 Å². The molecular weight excluding hydrogens is 378 g/mol. The van der Waals surface area contributed by atoms with Crippen LogP contribution in [0.25, 0.3) is 0 Å². The van der Waals surface area contributed by atoms with Crippen LogP contribution in [-0.4, -0.2) is 63.3 Å². The van der Waals surface area contributed by atoms with Crippen molar-refractivity contribution >= 4 is 16.1 Å². The van der Waals surface area contributed by atoms with Gasteiger partial charge in [0.2, 0.25) is 0 Å². The second-order valence-corrected chi connectivity index (χ2v) is 8.20. The van der Waals surface area contributed by atoms with Crippen LogP contribution in [0.1, 0.15) is 31.2 Å². The smallest absolute Gasteiger partial charge is 0.294 e. The van der Waals surface area contributed by atoms with E-state index in [1.807, 2.05) is 6.92 Å². The van der Waals surface area contributed by atoms with Gasteiger partial charge in [-0.1, -0.05) is 23.8 Å². The van der Waals surface area contributed by atoms with Crippen molar-refractivity contribution in [2.45, 2.75) is 37.5 Å². The van der Waals surface area contributed by atoms with E-state index in [4.69, 9.17) is 9.29 Å². The molecule has 0 spiro atoms. The Labute approximate surface area is 167 Å². The maximum atomic E-state index is 10.5. The SMILES string of the molecule is C(=NCCN1CCOCC1)=NC1=CCCCC1.Cc1ccc(S(=O)(=O)O)cc1. The average molecular weight is 408 g/mol. The topological polar surface area (TPSA) is 91.6 Å². The van der Waals surface area contributed by atoms with Crippen molar-refractivity contribution in [1.82, 2.24) is 4.90 Å². The van der Waals surface area contributed by atoms with Gasteiger partial charge in [0.05, 0.1) is 30.7 Å². The van der Waals surface area contributed by atoms with Gasteiger partial charge >= 0.3 is 0 Å². The van der Waals surface area contributed by atoms with Crippen molar-refractivity contribution in [3.05, 3.63) is 41.6 Å². The second kappa shape index (κ2) is 11.9. The van der Waals surface area contributed by atoms with Crippen LogP contribution in [0.5, 0.6) is 0 Å². The molecule has 0 amide bonds. The molecule has 1 aromatic carbocycles. The molecule has 1 aromatic rings. The van der Waals surface area contributed by atoms with Gasteiger partial charge in [-0.3, -0.25) is 9.45 Å². The number of morpholine rings is 1. The number of ether oxygens (including phenoxy) is 1. The number of hydrogen-bond donors (Lipinski definition) is 1. The minimum absolute atomic E-state index is 0.0666. The molecule has 0 saturated carbocycles.